The van der Waals surface area contributed by atoms with Crippen LogP contribution in [-0.2, 0) is 19.0 Å². The van der Waals surface area contributed by atoms with E-state index >= 15 is 0 Å². The zero-order valence-corrected chi connectivity index (χ0v) is 11.7. The predicted molar refractivity (Wildman–Crippen MR) is 70.2 cm³/mol. The molecule has 1 fully saturated rings. The van der Waals surface area contributed by atoms with Gasteiger partial charge in [-0.25, -0.2) is 0 Å². The Morgan fingerprint density at radius 3 is 2.63 bits per heavy atom. The lowest BCUT2D eigenvalue weighted by Crippen LogP contribution is -2.53. The molecule has 4 nitrogen and oxygen atoms in total. The number of carbonyl (C=O) groups is 1. The second-order valence-corrected chi connectivity index (χ2v) is 4.92. The molecular weight excluding hydrogens is 244 g/mol. The summed E-state index contributed by atoms with van der Waals surface area (Å²) in [6.45, 7) is 6.74. The molecule has 1 aliphatic carbocycles. The maximum atomic E-state index is 12.2. The number of carbonyl (C=O) groups excluding carboxylic acids is 1. The summed E-state index contributed by atoms with van der Waals surface area (Å²) in [4.78, 5) is 12.2. The zero-order valence-electron chi connectivity index (χ0n) is 11.7. The molecule has 0 aromatic carbocycles. The van der Waals surface area contributed by atoms with E-state index in [1.807, 2.05) is 13.8 Å². The molecule has 0 amide bonds. The Kier molecular flexibility index (Phi) is 4.28. The highest BCUT2D eigenvalue weighted by Gasteiger charge is 2.61. The van der Waals surface area contributed by atoms with Gasteiger partial charge in [0.25, 0.3) is 5.79 Å². The van der Waals surface area contributed by atoms with E-state index in [1.165, 1.54) is 0 Å². The first-order chi connectivity index (χ1) is 9.12. The average Bonchev–Trinajstić information content (AvgIpc) is 2.88. The molecule has 4 heteroatoms. The zero-order chi connectivity index (χ0) is 13.9. The summed E-state index contributed by atoms with van der Waals surface area (Å²) in [7, 11) is 0. The third-order valence-corrected chi connectivity index (χ3v) is 2.97. The van der Waals surface area contributed by atoms with Gasteiger partial charge in [-0.2, -0.15) is 0 Å². The molecule has 1 heterocycles. The molecule has 1 spiro atoms. The summed E-state index contributed by atoms with van der Waals surface area (Å²) < 4.78 is 16.5. The molecule has 0 bridgehead atoms. The van der Waals surface area contributed by atoms with Gasteiger partial charge in [-0.3, -0.25) is 4.79 Å². The highest BCUT2D eigenvalue weighted by atomic mass is 16.8. The molecule has 0 radical (unpaired) electrons. The molecule has 104 valence electrons. The third-order valence-electron chi connectivity index (χ3n) is 2.97. The van der Waals surface area contributed by atoms with Crippen molar-refractivity contribution < 1.29 is 19.0 Å². The van der Waals surface area contributed by atoms with Gasteiger partial charge in [0.1, 0.15) is 5.57 Å². The lowest BCUT2D eigenvalue weighted by molar-refractivity contribution is -0.188. The highest BCUT2D eigenvalue weighted by Crippen LogP contribution is 2.42. The van der Waals surface area contributed by atoms with Gasteiger partial charge < -0.3 is 14.2 Å². The Labute approximate surface area is 114 Å². The maximum Gasteiger partial charge on any atom is 0.296 e. The molecule has 0 aromatic rings. The van der Waals surface area contributed by atoms with Crippen molar-refractivity contribution in [2.24, 2.45) is 0 Å². The second kappa shape index (κ2) is 5.77. The second-order valence-electron chi connectivity index (χ2n) is 4.92. The Hall–Kier alpha value is -1.31. The van der Waals surface area contributed by atoms with E-state index in [0.29, 0.717) is 24.5 Å². The van der Waals surface area contributed by atoms with Crippen molar-refractivity contribution in [3.05, 3.63) is 11.3 Å². The minimum absolute atomic E-state index is 0.0415. The van der Waals surface area contributed by atoms with Crippen molar-refractivity contribution in [2.45, 2.75) is 51.9 Å². The van der Waals surface area contributed by atoms with Crippen molar-refractivity contribution in [3.63, 3.8) is 0 Å². The van der Waals surface area contributed by atoms with Gasteiger partial charge in [0, 0.05) is 6.42 Å². The quantitative estimate of drug-likeness (QED) is 0.576. The highest BCUT2D eigenvalue weighted by molar-refractivity contribution is 6.14. The molecule has 2 rings (SSSR count). The summed E-state index contributed by atoms with van der Waals surface area (Å²) in [6, 6.07) is 0. The van der Waals surface area contributed by atoms with Crippen LogP contribution in [0.2, 0.25) is 0 Å². The summed E-state index contributed by atoms with van der Waals surface area (Å²) in [5.74, 6) is 4.87. The Bertz CT molecular complexity index is 445. The average molecular weight is 264 g/mol. The molecular formula is C15H20O4. The molecule has 0 atom stereocenters. The molecule has 1 aliphatic heterocycles. The van der Waals surface area contributed by atoms with Crippen LogP contribution in [0.1, 0.15) is 40.0 Å². The van der Waals surface area contributed by atoms with Crippen LogP contribution in [-0.4, -0.2) is 30.9 Å². The molecule has 0 saturated carbocycles. The van der Waals surface area contributed by atoms with Gasteiger partial charge in [0.05, 0.1) is 19.3 Å². The topological polar surface area (TPSA) is 44.8 Å². The summed E-state index contributed by atoms with van der Waals surface area (Å²) in [5.41, 5.74) is 0.409. The van der Waals surface area contributed by atoms with Gasteiger partial charge in [0.15, 0.2) is 5.76 Å². The van der Waals surface area contributed by atoms with Crippen molar-refractivity contribution in [3.8, 4) is 11.8 Å². The molecule has 0 unspecified atom stereocenters. The van der Waals surface area contributed by atoms with E-state index in [9.17, 15) is 4.79 Å². The number of ketones is 1. The fourth-order valence-corrected chi connectivity index (χ4v) is 2.05. The van der Waals surface area contributed by atoms with Crippen molar-refractivity contribution in [2.75, 3.05) is 13.2 Å². The first kappa shape index (κ1) is 14.1. The van der Waals surface area contributed by atoms with Gasteiger partial charge in [0.2, 0.25) is 5.78 Å². The van der Waals surface area contributed by atoms with Gasteiger partial charge in [-0.1, -0.05) is 25.2 Å². The lowest BCUT2D eigenvalue weighted by atomic mass is 9.87. The largest absolute Gasteiger partial charge is 0.488 e. The lowest BCUT2D eigenvalue weighted by Gasteiger charge is -2.37. The summed E-state index contributed by atoms with van der Waals surface area (Å²) >= 11 is 0. The van der Waals surface area contributed by atoms with E-state index in [-0.39, 0.29) is 11.9 Å². The normalized spacial score (nSPS) is 20.5. The van der Waals surface area contributed by atoms with E-state index < -0.39 is 5.79 Å². The van der Waals surface area contributed by atoms with Crippen molar-refractivity contribution >= 4 is 5.78 Å². The third kappa shape index (κ3) is 2.54. The monoisotopic (exact) mass is 264 g/mol. The standard InChI is InChI=1S/C15H20O4/c1-4-5-6-7-8-12-13(16)15(17-9-10-18-15)14(12)19-11(2)3/h11H,4-6,9-10H2,1-3H3. The number of rotatable bonds is 4. The molecule has 1 saturated heterocycles. The number of Topliss-reactive ketones (excluding diaryl/α,β-unsaturated/α-hetero) is 1. The number of hydrogen-bond donors (Lipinski definition) is 0. The Morgan fingerprint density at radius 2 is 2.05 bits per heavy atom. The Balaban J connectivity index is 2.20. The van der Waals surface area contributed by atoms with Crippen LogP contribution in [0.25, 0.3) is 0 Å². The fourth-order valence-electron chi connectivity index (χ4n) is 2.05. The Morgan fingerprint density at radius 1 is 1.37 bits per heavy atom. The number of hydrogen-bond acceptors (Lipinski definition) is 4. The van der Waals surface area contributed by atoms with E-state index in [2.05, 4.69) is 18.8 Å². The van der Waals surface area contributed by atoms with Crippen LogP contribution in [0.4, 0.5) is 0 Å². The van der Waals surface area contributed by atoms with Crippen LogP contribution in [0, 0.1) is 11.8 Å². The van der Waals surface area contributed by atoms with Gasteiger partial charge in [-0.05, 0) is 20.3 Å². The SMILES string of the molecule is CCCCC#CC1=C(OC(C)C)C2(OCCO2)C1=O. The van der Waals surface area contributed by atoms with Gasteiger partial charge >= 0.3 is 0 Å². The summed E-state index contributed by atoms with van der Waals surface area (Å²) in [6.07, 6.45) is 2.87. The molecule has 19 heavy (non-hydrogen) atoms. The molecule has 0 aromatic heterocycles. The van der Waals surface area contributed by atoms with E-state index in [1.54, 1.807) is 0 Å². The van der Waals surface area contributed by atoms with Crippen LogP contribution in [0.3, 0.4) is 0 Å². The van der Waals surface area contributed by atoms with Crippen molar-refractivity contribution in [1.29, 1.82) is 0 Å². The van der Waals surface area contributed by atoms with E-state index in [0.717, 1.165) is 19.3 Å². The smallest absolute Gasteiger partial charge is 0.296 e. The molecule has 2 aliphatic rings. The minimum atomic E-state index is -1.29. The van der Waals surface area contributed by atoms with Crippen LogP contribution in [0.15, 0.2) is 11.3 Å². The van der Waals surface area contributed by atoms with Crippen LogP contribution < -0.4 is 0 Å². The number of ether oxygens (including phenoxy) is 3. The van der Waals surface area contributed by atoms with E-state index in [4.69, 9.17) is 14.2 Å². The van der Waals surface area contributed by atoms with Crippen LogP contribution >= 0.6 is 0 Å². The molecule has 0 N–H and O–H groups in total. The number of unbranched alkanes of at least 4 members (excludes halogenated alkanes) is 2. The first-order valence-corrected chi connectivity index (χ1v) is 6.84. The minimum Gasteiger partial charge on any atom is -0.488 e. The summed E-state index contributed by atoms with van der Waals surface area (Å²) in [5, 5.41) is 0. The first-order valence-electron chi connectivity index (χ1n) is 6.84. The predicted octanol–water partition coefficient (Wildman–Crippen LogP) is 2.18. The fraction of sp³-hybridized carbons (Fsp3) is 0.667. The maximum absolute atomic E-state index is 12.2. The van der Waals surface area contributed by atoms with Crippen molar-refractivity contribution in [1.82, 2.24) is 0 Å². The van der Waals surface area contributed by atoms with Gasteiger partial charge in [-0.15, -0.1) is 0 Å². The van der Waals surface area contributed by atoms with Crippen LogP contribution in [0.5, 0.6) is 0 Å².